The van der Waals surface area contributed by atoms with Gasteiger partial charge in [0.15, 0.2) is 0 Å². The Labute approximate surface area is 204 Å². The second kappa shape index (κ2) is 10.1. The zero-order valence-electron chi connectivity index (χ0n) is 20.0. The molecule has 35 heavy (non-hydrogen) atoms. The number of hydrogen-bond acceptors (Lipinski definition) is 5. The number of anilines is 1. The molecule has 0 unspecified atom stereocenters. The summed E-state index contributed by atoms with van der Waals surface area (Å²) in [7, 11) is -2.49. The quantitative estimate of drug-likeness (QED) is 0.561. The first kappa shape index (κ1) is 24.7. The molecule has 2 heterocycles. The van der Waals surface area contributed by atoms with E-state index in [1.54, 1.807) is 23.1 Å². The molecule has 0 atom stereocenters. The molecule has 4 rings (SSSR count). The van der Waals surface area contributed by atoms with Crippen LogP contribution in [0.25, 0.3) is 10.9 Å². The minimum atomic E-state index is -3.99. The highest BCUT2D eigenvalue weighted by molar-refractivity contribution is 7.92. The van der Waals surface area contributed by atoms with Gasteiger partial charge in [-0.25, -0.2) is 13.2 Å². The number of aromatic nitrogens is 2. The van der Waals surface area contributed by atoms with Gasteiger partial charge in [-0.2, -0.15) is 0 Å². The van der Waals surface area contributed by atoms with E-state index in [0.29, 0.717) is 24.3 Å². The van der Waals surface area contributed by atoms with Gasteiger partial charge in [-0.1, -0.05) is 31.9 Å². The van der Waals surface area contributed by atoms with Crippen LogP contribution in [-0.4, -0.2) is 41.4 Å². The monoisotopic (exact) mass is 498 g/mol. The van der Waals surface area contributed by atoms with Gasteiger partial charge in [0.1, 0.15) is 6.54 Å². The summed E-state index contributed by atoms with van der Waals surface area (Å²) < 4.78 is 30.8. The van der Waals surface area contributed by atoms with Crippen molar-refractivity contribution in [3.63, 3.8) is 0 Å². The first-order valence-electron chi connectivity index (χ1n) is 11.8. The van der Waals surface area contributed by atoms with Crippen molar-refractivity contribution >= 4 is 32.5 Å². The van der Waals surface area contributed by atoms with Crippen molar-refractivity contribution in [3.05, 3.63) is 68.9 Å². The molecule has 0 saturated carbocycles. The number of likely N-dealkylation sites (tertiary alicyclic amines) is 1. The third kappa shape index (κ3) is 5.17. The predicted molar refractivity (Wildman–Crippen MR) is 135 cm³/mol. The van der Waals surface area contributed by atoms with Crippen molar-refractivity contribution in [2.45, 2.75) is 50.5 Å². The normalized spacial score (nSPS) is 14.6. The van der Waals surface area contributed by atoms with Crippen LogP contribution in [0.2, 0.25) is 0 Å². The molecule has 1 amide bonds. The van der Waals surface area contributed by atoms with Crippen LogP contribution < -0.4 is 16.0 Å². The number of sulfonamides is 1. The summed E-state index contributed by atoms with van der Waals surface area (Å²) in [6.45, 7) is 2.81. The Hall–Kier alpha value is -3.40. The van der Waals surface area contributed by atoms with Gasteiger partial charge in [-0.05, 0) is 55.2 Å². The number of amides is 1. The van der Waals surface area contributed by atoms with Crippen molar-refractivity contribution in [1.82, 2.24) is 14.0 Å². The van der Waals surface area contributed by atoms with E-state index in [1.807, 2.05) is 13.0 Å². The molecule has 2 aromatic carbocycles. The van der Waals surface area contributed by atoms with Crippen molar-refractivity contribution < 1.29 is 13.2 Å². The molecule has 1 aliphatic heterocycles. The van der Waals surface area contributed by atoms with Crippen LogP contribution in [0.1, 0.15) is 38.2 Å². The molecule has 0 spiro atoms. The molecule has 1 N–H and O–H groups in total. The third-order valence-electron chi connectivity index (χ3n) is 6.47. The summed E-state index contributed by atoms with van der Waals surface area (Å²) in [6.07, 6.45) is 4.65. The number of carbonyl (C=O) groups is 1. The molecule has 1 aliphatic rings. The van der Waals surface area contributed by atoms with Gasteiger partial charge >= 0.3 is 5.69 Å². The summed E-state index contributed by atoms with van der Waals surface area (Å²) in [6, 6.07) is 11.1. The van der Waals surface area contributed by atoms with Gasteiger partial charge < -0.3 is 4.90 Å². The number of nitrogens with zero attached hydrogens (tertiary/aromatic N) is 3. The van der Waals surface area contributed by atoms with E-state index in [0.717, 1.165) is 42.2 Å². The highest BCUT2D eigenvalue weighted by atomic mass is 32.2. The highest BCUT2D eigenvalue weighted by Crippen LogP contribution is 2.20. The molecule has 3 aromatic rings. The maximum absolute atomic E-state index is 13.3. The average molecular weight is 499 g/mol. The third-order valence-corrected chi connectivity index (χ3v) is 7.85. The first-order chi connectivity index (χ1) is 16.7. The van der Waals surface area contributed by atoms with E-state index < -0.39 is 21.3 Å². The van der Waals surface area contributed by atoms with E-state index in [4.69, 9.17) is 0 Å². The Kier molecular flexibility index (Phi) is 7.11. The number of nitrogens with one attached hydrogen (secondary N) is 1. The fraction of sp³-hybridized carbons (Fsp3) is 0.400. The fourth-order valence-electron chi connectivity index (χ4n) is 4.43. The molecule has 1 saturated heterocycles. The standard InChI is InChI=1S/C25H30N4O5S/c1-3-18-9-8-10-19(15-18)26-35(33,34)20-11-12-22-21(16-20)24(31)29(25(32)27(22)2)17-23(30)28-13-6-4-5-7-14-28/h8-12,15-16,26H,3-7,13-14,17H2,1-2H3. The smallest absolute Gasteiger partial charge is 0.331 e. The van der Waals surface area contributed by atoms with E-state index in [9.17, 15) is 22.8 Å². The lowest BCUT2D eigenvalue weighted by Gasteiger charge is -2.21. The first-order valence-corrected chi connectivity index (χ1v) is 13.3. The van der Waals surface area contributed by atoms with Crippen molar-refractivity contribution in [2.75, 3.05) is 17.8 Å². The number of fused-ring (bicyclic) bond motifs is 1. The number of carbonyl (C=O) groups excluding carboxylic acids is 1. The van der Waals surface area contributed by atoms with Crippen LogP contribution in [0, 0.1) is 0 Å². The maximum Gasteiger partial charge on any atom is 0.331 e. The lowest BCUT2D eigenvalue weighted by molar-refractivity contribution is -0.131. The van der Waals surface area contributed by atoms with Crippen molar-refractivity contribution in [1.29, 1.82) is 0 Å². The van der Waals surface area contributed by atoms with Crippen LogP contribution in [-0.2, 0) is 34.8 Å². The molecule has 1 aromatic heterocycles. The lowest BCUT2D eigenvalue weighted by atomic mass is 10.1. The Morgan fingerprint density at radius 2 is 1.71 bits per heavy atom. The van der Waals surface area contributed by atoms with Crippen LogP contribution in [0.5, 0.6) is 0 Å². The number of benzene rings is 2. The predicted octanol–water partition coefficient (Wildman–Crippen LogP) is 2.47. The minimum Gasteiger partial charge on any atom is -0.341 e. The Morgan fingerprint density at radius 1 is 1.00 bits per heavy atom. The summed E-state index contributed by atoms with van der Waals surface area (Å²) in [4.78, 5) is 40.6. The Balaban J connectivity index is 1.71. The van der Waals surface area contributed by atoms with Crippen LogP contribution in [0.4, 0.5) is 5.69 Å². The Bertz CT molecular complexity index is 1480. The minimum absolute atomic E-state index is 0.0564. The summed E-state index contributed by atoms with van der Waals surface area (Å²) in [5.74, 6) is -0.285. The van der Waals surface area contributed by atoms with Crippen LogP contribution in [0.15, 0.2) is 56.9 Å². The van der Waals surface area contributed by atoms with E-state index in [1.165, 1.54) is 29.8 Å². The number of rotatable bonds is 6. The van der Waals surface area contributed by atoms with E-state index in [-0.39, 0.29) is 22.7 Å². The topological polar surface area (TPSA) is 110 Å². The van der Waals surface area contributed by atoms with E-state index in [2.05, 4.69) is 4.72 Å². The van der Waals surface area contributed by atoms with E-state index >= 15 is 0 Å². The zero-order chi connectivity index (χ0) is 25.2. The number of aryl methyl sites for hydroxylation is 2. The molecular formula is C25H30N4O5S. The van der Waals surface area contributed by atoms with Gasteiger partial charge in [0.2, 0.25) is 5.91 Å². The summed E-state index contributed by atoms with van der Waals surface area (Å²) >= 11 is 0. The Morgan fingerprint density at radius 3 is 2.40 bits per heavy atom. The average Bonchev–Trinajstić information content (AvgIpc) is 3.14. The maximum atomic E-state index is 13.3. The zero-order valence-corrected chi connectivity index (χ0v) is 20.8. The van der Waals surface area contributed by atoms with Gasteiger partial charge in [0.25, 0.3) is 15.6 Å². The van der Waals surface area contributed by atoms with Crippen LogP contribution in [0.3, 0.4) is 0 Å². The van der Waals surface area contributed by atoms with Gasteiger partial charge in [-0.15, -0.1) is 0 Å². The van der Waals surface area contributed by atoms with Gasteiger partial charge in [0.05, 0.1) is 15.8 Å². The molecule has 0 bridgehead atoms. The molecule has 0 radical (unpaired) electrons. The van der Waals surface area contributed by atoms with Gasteiger partial charge in [-0.3, -0.25) is 23.4 Å². The molecule has 1 fully saturated rings. The van der Waals surface area contributed by atoms with Crippen molar-refractivity contribution in [2.24, 2.45) is 7.05 Å². The lowest BCUT2D eigenvalue weighted by Crippen LogP contribution is -2.44. The summed E-state index contributed by atoms with van der Waals surface area (Å²) in [5.41, 5.74) is 0.401. The number of hydrogen-bond donors (Lipinski definition) is 1. The van der Waals surface area contributed by atoms with Gasteiger partial charge in [0, 0.05) is 25.8 Å². The molecule has 186 valence electrons. The molecule has 9 nitrogen and oxygen atoms in total. The highest BCUT2D eigenvalue weighted by Gasteiger charge is 2.21. The van der Waals surface area contributed by atoms with Crippen LogP contribution >= 0.6 is 0 Å². The molecule has 10 heteroatoms. The largest absolute Gasteiger partial charge is 0.341 e. The summed E-state index contributed by atoms with van der Waals surface area (Å²) in [5, 5.41) is 0.0564. The molecule has 0 aliphatic carbocycles. The fourth-order valence-corrected chi connectivity index (χ4v) is 5.50. The molecular weight excluding hydrogens is 468 g/mol. The second-order valence-corrected chi connectivity index (χ2v) is 10.5. The SMILES string of the molecule is CCc1cccc(NS(=O)(=O)c2ccc3c(c2)c(=O)n(CC(=O)N2CCCCCC2)c(=O)n3C)c1. The second-order valence-electron chi connectivity index (χ2n) is 8.87. The van der Waals surface area contributed by atoms with Crippen molar-refractivity contribution in [3.8, 4) is 0 Å².